The summed E-state index contributed by atoms with van der Waals surface area (Å²) in [5.74, 6) is 1.35. The molecule has 2 aliphatic rings. The quantitative estimate of drug-likeness (QED) is 0.635. The lowest BCUT2D eigenvalue weighted by atomic mass is 9.97. The lowest BCUT2D eigenvalue weighted by Crippen LogP contribution is -2.41. The van der Waals surface area contributed by atoms with Gasteiger partial charge in [-0.25, -0.2) is 0 Å². The second kappa shape index (κ2) is 3.00. The molecule has 0 amide bonds. The molecule has 12 heavy (non-hydrogen) atoms. The molecule has 0 spiro atoms. The molecule has 2 heteroatoms. The first-order valence-electron chi connectivity index (χ1n) is 5.09. The SMILES string of the molecule is CC(C)N1C[C@H]2C[C@@H](C1)[C@H](O)C2. The lowest BCUT2D eigenvalue weighted by molar-refractivity contribution is 0.0881. The van der Waals surface area contributed by atoms with Crippen LogP contribution in [0.15, 0.2) is 0 Å². The molecule has 0 aromatic rings. The third-order valence-corrected chi connectivity index (χ3v) is 3.45. The Bertz CT molecular complexity index is 167. The molecule has 1 saturated carbocycles. The first-order valence-corrected chi connectivity index (χ1v) is 5.09. The first-order chi connectivity index (χ1) is 5.66. The van der Waals surface area contributed by atoms with Gasteiger partial charge < -0.3 is 10.0 Å². The number of nitrogens with zero attached hydrogens (tertiary/aromatic N) is 1. The fourth-order valence-electron chi connectivity index (χ4n) is 2.69. The minimum atomic E-state index is -0.00116. The number of hydrogen-bond donors (Lipinski definition) is 1. The van der Waals surface area contributed by atoms with E-state index in [4.69, 9.17) is 0 Å². The Morgan fingerprint density at radius 2 is 2.00 bits per heavy atom. The summed E-state index contributed by atoms with van der Waals surface area (Å²) >= 11 is 0. The standard InChI is InChI=1S/C10H19NO/c1-7(2)11-5-8-3-9(6-11)10(12)4-8/h7-10,12H,3-6H2,1-2H3/t8-,9-,10+/m0/s1. The summed E-state index contributed by atoms with van der Waals surface area (Å²) in [5.41, 5.74) is 0. The van der Waals surface area contributed by atoms with Gasteiger partial charge in [-0.2, -0.15) is 0 Å². The number of aliphatic hydroxyl groups excluding tert-OH is 1. The minimum absolute atomic E-state index is 0.00116. The zero-order valence-electron chi connectivity index (χ0n) is 8.03. The van der Waals surface area contributed by atoms with Gasteiger partial charge in [0.1, 0.15) is 0 Å². The highest BCUT2D eigenvalue weighted by molar-refractivity contribution is 4.91. The normalized spacial score (nSPS) is 42.5. The average Bonchev–Trinajstić information content (AvgIpc) is 2.26. The molecule has 2 fully saturated rings. The Labute approximate surface area is 74.6 Å². The van der Waals surface area contributed by atoms with Crippen LogP contribution in [0.4, 0.5) is 0 Å². The van der Waals surface area contributed by atoms with Gasteiger partial charge in [-0.05, 0) is 38.5 Å². The van der Waals surface area contributed by atoms with E-state index in [1.165, 1.54) is 13.0 Å². The van der Waals surface area contributed by atoms with Crippen molar-refractivity contribution in [1.82, 2.24) is 4.90 Å². The maximum absolute atomic E-state index is 9.67. The summed E-state index contributed by atoms with van der Waals surface area (Å²) in [6.07, 6.45) is 2.32. The second-order valence-electron chi connectivity index (χ2n) is 4.71. The maximum atomic E-state index is 9.67. The highest BCUT2D eigenvalue weighted by atomic mass is 16.3. The largest absolute Gasteiger partial charge is 0.393 e. The minimum Gasteiger partial charge on any atom is -0.393 e. The molecular weight excluding hydrogens is 150 g/mol. The van der Waals surface area contributed by atoms with Crippen LogP contribution in [-0.4, -0.2) is 35.2 Å². The Hall–Kier alpha value is -0.0800. The number of piperidine rings is 1. The summed E-state index contributed by atoms with van der Waals surface area (Å²) in [6, 6.07) is 0.653. The average molecular weight is 169 g/mol. The van der Waals surface area contributed by atoms with E-state index < -0.39 is 0 Å². The first kappa shape index (κ1) is 8.52. The monoisotopic (exact) mass is 169 g/mol. The predicted octanol–water partition coefficient (Wildman–Crippen LogP) is 1.10. The number of fused-ring (bicyclic) bond motifs is 2. The van der Waals surface area contributed by atoms with Crippen molar-refractivity contribution in [2.45, 2.75) is 38.8 Å². The summed E-state index contributed by atoms with van der Waals surface area (Å²) in [7, 11) is 0. The molecule has 1 N–H and O–H groups in total. The van der Waals surface area contributed by atoms with Crippen LogP contribution in [0.1, 0.15) is 26.7 Å². The van der Waals surface area contributed by atoms with Gasteiger partial charge in [0.15, 0.2) is 0 Å². The fourth-order valence-corrected chi connectivity index (χ4v) is 2.69. The topological polar surface area (TPSA) is 23.5 Å². The third kappa shape index (κ3) is 1.38. The molecule has 3 atom stereocenters. The number of hydrogen-bond acceptors (Lipinski definition) is 2. The van der Waals surface area contributed by atoms with Crippen LogP contribution in [-0.2, 0) is 0 Å². The van der Waals surface area contributed by atoms with Crippen molar-refractivity contribution in [3.8, 4) is 0 Å². The van der Waals surface area contributed by atoms with Crippen LogP contribution in [0.25, 0.3) is 0 Å². The van der Waals surface area contributed by atoms with Gasteiger partial charge in [0.25, 0.3) is 0 Å². The number of likely N-dealkylation sites (tertiary alicyclic amines) is 1. The van der Waals surface area contributed by atoms with Crippen molar-refractivity contribution >= 4 is 0 Å². The highest BCUT2D eigenvalue weighted by Gasteiger charge is 2.39. The molecule has 0 unspecified atom stereocenters. The van der Waals surface area contributed by atoms with Crippen molar-refractivity contribution in [1.29, 1.82) is 0 Å². The molecule has 1 saturated heterocycles. The zero-order valence-corrected chi connectivity index (χ0v) is 8.03. The van der Waals surface area contributed by atoms with Crippen LogP contribution < -0.4 is 0 Å². The molecule has 1 heterocycles. The van der Waals surface area contributed by atoms with Crippen molar-refractivity contribution in [2.75, 3.05) is 13.1 Å². The van der Waals surface area contributed by atoms with E-state index in [-0.39, 0.29) is 6.10 Å². The van der Waals surface area contributed by atoms with Crippen LogP contribution in [0, 0.1) is 11.8 Å². The van der Waals surface area contributed by atoms with Gasteiger partial charge in [0.2, 0.25) is 0 Å². The molecular formula is C10H19NO. The lowest BCUT2D eigenvalue weighted by Gasteiger charge is -2.34. The molecule has 70 valence electrons. The van der Waals surface area contributed by atoms with Gasteiger partial charge in [0.05, 0.1) is 6.10 Å². The Morgan fingerprint density at radius 3 is 2.58 bits per heavy atom. The van der Waals surface area contributed by atoms with Crippen molar-refractivity contribution in [3.63, 3.8) is 0 Å². The molecule has 2 nitrogen and oxygen atoms in total. The van der Waals surface area contributed by atoms with Crippen LogP contribution in [0.3, 0.4) is 0 Å². The van der Waals surface area contributed by atoms with Crippen LogP contribution in [0.2, 0.25) is 0 Å². The summed E-state index contributed by atoms with van der Waals surface area (Å²) in [5, 5.41) is 9.67. The summed E-state index contributed by atoms with van der Waals surface area (Å²) in [6.45, 7) is 6.83. The maximum Gasteiger partial charge on any atom is 0.0583 e. The summed E-state index contributed by atoms with van der Waals surface area (Å²) < 4.78 is 0. The molecule has 1 aliphatic carbocycles. The van der Waals surface area contributed by atoms with E-state index in [0.717, 1.165) is 18.9 Å². The number of aliphatic hydroxyl groups is 1. The van der Waals surface area contributed by atoms with Gasteiger partial charge >= 0.3 is 0 Å². The second-order valence-corrected chi connectivity index (χ2v) is 4.71. The summed E-state index contributed by atoms with van der Waals surface area (Å²) in [4.78, 5) is 2.51. The van der Waals surface area contributed by atoms with Crippen molar-refractivity contribution in [2.24, 2.45) is 11.8 Å². The van der Waals surface area contributed by atoms with E-state index in [1.54, 1.807) is 0 Å². The fraction of sp³-hybridized carbons (Fsp3) is 1.00. The van der Waals surface area contributed by atoms with Gasteiger partial charge in [-0.3, -0.25) is 0 Å². The molecule has 0 aromatic heterocycles. The Balaban J connectivity index is 2.01. The number of rotatable bonds is 1. The Kier molecular flexibility index (Phi) is 2.13. The van der Waals surface area contributed by atoms with Gasteiger partial charge in [-0.1, -0.05) is 0 Å². The van der Waals surface area contributed by atoms with Crippen molar-refractivity contribution in [3.05, 3.63) is 0 Å². The Morgan fingerprint density at radius 1 is 1.25 bits per heavy atom. The molecule has 1 aliphatic heterocycles. The molecule has 0 radical (unpaired) electrons. The smallest absolute Gasteiger partial charge is 0.0583 e. The van der Waals surface area contributed by atoms with E-state index in [0.29, 0.717) is 12.0 Å². The highest BCUT2D eigenvalue weighted by Crippen LogP contribution is 2.37. The van der Waals surface area contributed by atoms with E-state index >= 15 is 0 Å². The van der Waals surface area contributed by atoms with Crippen molar-refractivity contribution < 1.29 is 5.11 Å². The molecule has 2 bridgehead atoms. The zero-order chi connectivity index (χ0) is 8.72. The van der Waals surface area contributed by atoms with Gasteiger partial charge in [0, 0.05) is 19.1 Å². The van der Waals surface area contributed by atoms with E-state index in [2.05, 4.69) is 18.7 Å². The van der Waals surface area contributed by atoms with Gasteiger partial charge in [-0.15, -0.1) is 0 Å². The van der Waals surface area contributed by atoms with Crippen LogP contribution >= 0.6 is 0 Å². The van der Waals surface area contributed by atoms with Crippen LogP contribution in [0.5, 0.6) is 0 Å². The van der Waals surface area contributed by atoms with E-state index in [9.17, 15) is 5.11 Å². The predicted molar refractivity (Wildman–Crippen MR) is 48.9 cm³/mol. The molecule has 2 rings (SSSR count). The molecule has 0 aromatic carbocycles. The third-order valence-electron chi connectivity index (χ3n) is 3.45. The van der Waals surface area contributed by atoms with E-state index in [1.807, 2.05) is 0 Å².